The van der Waals surface area contributed by atoms with Gasteiger partial charge in [0.05, 0.1) is 0 Å². The van der Waals surface area contributed by atoms with E-state index in [1.807, 2.05) is 0 Å². The van der Waals surface area contributed by atoms with Gasteiger partial charge >= 0.3 is 5.97 Å². The summed E-state index contributed by atoms with van der Waals surface area (Å²) in [6, 6.07) is 5.09. The predicted octanol–water partition coefficient (Wildman–Crippen LogP) is 1.55. The van der Waals surface area contributed by atoms with E-state index in [1.54, 1.807) is 0 Å². The fraction of sp³-hybridized carbons (Fsp3) is 0.471. The maximum Gasteiger partial charge on any atom is 0.325 e. The highest BCUT2D eigenvalue weighted by Crippen LogP contribution is 2.17. The van der Waals surface area contributed by atoms with Gasteiger partial charge in [-0.05, 0) is 37.1 Å². The minimum Gasteiger partial charge on any atom is -0.454 e. The van der Waals surface area contributed by atoms with Crippen molar-refractivity contribution in [1.82, 2.24) is 10.6 Å². The molecule has 130 valence electrons. The summed E-state index contributed by atoms with van der Waals surface area (Å²) in [5.41, 5.74) is 0.235. The molecule has 2 N–H and O–H groups in total. The molecule has 1 saturated carbocycles. The topological polar surface area (TPSA) is 84.5 Å². The normalized spacial score (nSPS) is 14.7. The van der Waals surface area contributed by atoms with Crippen molar-refractivity contribution in [2.24, 2.45) is 0 Å². The number of carbonyl (C=O) groups excluding carboxylic acids is 3. The van der Waals surface area contributed by atoms with E-state index in [1.165, 1.54) is 18.6 Å². The number of halogens is 1. The average Bonchev–Trinajstić information content (AvgIpc) is 2.59. The Bertz CT molecular complexity index is 583. The van der Waals surface area contributed by atoms with Crippen molar-refractivity contribution in [1.29, 1.82) is 0 Å². The van der Waals surface area contributed by atoms with Crippen molar-refractivity contribution in [3.63, 3.8) is 0 Å². The minimum absolute atomic E-state index is 0.156. The van der Waals surface area contributed by atoms with Gasteiger partial charge in [-0.3, -0.25) is 14.4 Å². The molecule has 0 aromatic heterocycles. The predicted molar refractivity (Wildman–Crippen MR) is 84.7 cm³/mol. The highest BCUT2D eigenvalue weighted by molar-refractivity contribution is 5.96. The summed E-state index contributed by atoms with van der Waals surface area (Å²) >= 11 is 0. The summed E-state index contributed by atoms with van der Waals surface area (Å²) in [7, 11) is 0. The molecule has 0 aliphatic heterocycles. The second-order valence-corrected chi connectivity index (χ2v) is 5.75. The van der Waals surface area contributed by atoms with Crippen molar-refractivity contribution in [3.05, 3.63) is 35.6 Å². The van der Waals surface area contributed by atoms with Crippen molar-refractivity contribution >= 4 is 17.8 Å². The zero-order chi connectivity index (χ0) is 17.4. The largest absolute Gasteiger partial charge is 0.454 e. The molecule has 24 heavy (non-hydrogen) atoms. The molecule has 0 unspecified atom stereocenters. The number of ether oxygens (including phenoxy) is 1. The number of benzene rings is 1. The Balaban J connectivity index is 1.64. The second-order valence-electron chi connectivity index (χ2n) is 5.75. The molecule has 0 atom stereocenters. The lowest BCUT2D eigenvalue weighted by atomic mass is 9.95. The van der Waals surface area contributed by atoms with Gasteiger partial charge in [0, 0.05) is 11.6 Å². The van der Waals surface area contributed by atoms with Crippen LogP contribution in [0.5, 0.6) is 0 Å². The van der Waals surface area contributed by atoms with Crippen molar-refractivity contribution in [2.45, 2.75) is 38.1 Å². The Kier molecular flexibility index (Phi) is 6.72. The van der Waals surface area contributed by atoms with Gasteiger partial charge in [0.15, 0.2) is 6.61 Å². The number of hydrogen-bond donors (Lipinski definition) is 2. The molecule has 0 heterocycles. The van der Waals surface area contributed by atoms with E-state index in [0.717, 1.165) is 37.8 Å². The van der Waals surface area contributed by atoms with E-state index < -0.39 is 17.7 Å². The smallest absolute Gasteiger partial charge is 0.325 e. The van der Waals surface area contributed by atoms with Crippen molar-refractivity contribution < 1.29 is 23.5 Å². The zero-order valence-electron chi connectivity index (χ0n) is 13.3. The van der Waals surface area contributed by atoms with Crippen LogP contribution in [0, 0.1) is 5.82 Å². The molecule has 1 aromatic rings. The third kappa shape index (κ3) is 5.98. The molecule has 0 bridgehead atoms. The summed E-state index contributed by atoms with van der Waals surface area (Å²) in [5.74, 6) is -2.00. The van der Waals surface area contributed by atoms with E-state index in [2.05, 4.69) is 10.6 Å². The molecule has 6 nitrogen and oxygen atoms in total. The molecular weight excluding hydrogens is 315 g/mol. The van der Waals surface area contributed by atoms with Gasteiger partial charge in [-0.2, -0.15) is 0 Å². The third-order valence-corrected chi connectivity index (χ3v) is 3.83. The lowest BCUT2D eigenvalue weighted by Crippen LogP contribution is -2.39. The first kappa shape index (κ1) is 17.9. The summed E-state index contributed by atoms with van der Waals surface area (Å²) in [4.78, 5) is 35.0. The number of nitrogens with one attached hydrogen (secondary N) is 2. The summed E-state index contributed by atoms with van der Waals surface area (Å²) in [5, 5.41) is 5.19. The summed E-state index contributed by atoms with van der Waals surface area (Å²) in [6.07, 6.45) is 5.29. The first-order valence-corrected chi connectivity index (χ1v) is 8.03. The molecule has 0 spiro atoms. The van der Waals surface area contributed by atoms with Crippen LogP contribution in [0.15, 0.2) is 24.3 Å². The number of hydrogen-bond acceptors (Lipinski definition) is 4. The molecule has 0 saturated heterocycles. The van der Waals surface area contributed by atoms with Gasteiger partial charge in [0.25, 0.3) is 11.8 Å². The maximum atomic E-state index is 12.8. The molecule has 1 aliphatic carbocycles. The summed E-state index contributed by atoms with van der Waals surface area (Å²) < 4.78 is 17.6. The summed E-state index contributed by atoms with van der Waals surface area (Å²) in [6.45, 7) is -0.714. The SMILES string of the molecule is O=C(COC(=O)CNC(=O)c1ccc(F)cc1)NC1CCCCC1. The van der Waals surface area contributed by atoms with E-state index in [9.17, 15) is 18.8 Å². The van der Waals surface area contributed by atoms with Crippen LogP contribution < -0.4 is 10.6 Å². The highest BCUT2D eigenvalue weighted by Gasteiger charge is 2.17. The average molecular weight is 336 g/mol. The van der Waals surface area contributed by atoms with Crippen LogP contribution >= 0.6 is 0 Å². The zero-order valence-corrected chi connectivity index (χ0v) is 13.3. The molecule has 0 radical (unpaired) electrons. The Hall–Kier alpha value is -2.44. The number of amides is 2. The molecule has 1 fully saturated rings. The van der Waals surface area contributed by atoms with E-state index in [4.69, 9.17) is 4.74 Å². The molecule has 1 aromatic carbocycles. The fourth-order valence-corrected chi connectivity index (χ4v) is 2.57. The standard InChI is InChI=1S/C17H21FN2O4/c18-13-8-6-12(7-9-13)17(23)19-10-16(22)24-11-15(21)20-14-4-2-1-3-5-14/h6-9,14H,1-5,10-11H2,(H,19,23)(H,20,21). The lowest BCUT2D eigenvalue weighted by Gasteiger charge is -2.22. The van der Waals surface area contributed by atoms with Gasteiger partial charge in [-0.25, -0.2) is 4.39 Å². The van der Waals surface area contributed by atoms with E-state index in [-0.39, 0.29) is 30.7 Å². The number of rotatable bonds is 6. The Labute approximate surface area is 139 Å². The van der Waals surface area contributed by atoms with Crippen LogP contribution in [0.2, 0.25) is 0 Å². The molecule has 2 amide bonds. The van der Waals surface area contributed by atoms with Crippen molar-refractivity contribution in [3.8, 4) is 0 Å². The Morgan fingerprint density at radius 3 is 2.42 bits per heavy atom. The van der Waals surface area contributed by atoms with Gasteiger partial charge in [-0.15, -0.1) is 0 Å². The van der Waals surface area contributed by atoms with Crippen LogP contribution in [0.3, 0.4) is 0 Å². The van der Waals surface area contributed by atoms with Gasteiger partial charge in [0.2, 0.25) is 0 Å². The van der Waals surface area contributed by atoms with Gasteiger partial charge in [0.1, 0.15) is 12.4 Å². The first-order chi connectivity index (χ1) is 11.5. The lowest BCUT2D eigenvalue weighted by molar-refractivity contribution is -0.147. The molecule has 7 heteroatoms. The quantitative estimate of drug-likeness (QED) is 0.772. The maximum absolute atomic E-state index is 12.8. The van der Waals surface area contributed by atoms with Crippen LogP contribution in [-0.2, 0) is 14.3 Å². The Morgan fingerprint density at radius 1 is 1.08 bits per heavy atom. The third-order valence-electron chi connectivity index (χ3n) is 3.83. The second kappa shape index (κ2) is 9.00. The van der Waals surface area contributed by atoms with Crippen molar-refractivity contribution in [2.75, 3.05) is 13.2 Å². The fourth-order valence-electron chi connectivity index (χ4n) is 2.57. The highest BCUT2D eigenvalue weighted by atomic mass is 19.1. The number of esters is 1. The first-order valence-electron chi connectivity index (χ1n) is 8.03. The molecular formula is C17H21FN2O4. The van der Waals surface area contributed by atoms with Crippen LogP contribution in [0.25, 0.3) is 0 Å². The van der Waals surface area contributed by atoms with E-state index >= 15 is 0 Å². The monoisotopic (exact) mass is 336 g/mol. The minimum atomic E-state index is -0.704. The van der Waals surface area contributed by atoms with Gasteiger partial charge in [-0.1, -0.05) is 19.3 Å². The van der Waals surface area contributed by atoms with Crippen LogP contribution in [0.4, 0.5) is 4.39 Å². The molecule has 1 aliphatic rings. The molecule has 2 rings (SSSR count). The Morgan fingerprint density at radius 2 is 1.75 bits per heavy atom. The van der Waals surface area contributed by atoms with Crippen LogP contribution in [0.1, 0.15) is 42.5 Å². The van der Waals surface area contributed by atoms with Gasteiger partial charge < -0.3 is 15.4 Å². The van der Waals surface area contributed by atoms with Crippen LogP contribution in [-0.4, -0.2) is 37.0 Å². The number of carbonyl (C=O) groups is 3. The van der Waals surface area contributed by atoms with E-state index in [0.29, 0.717) is 0 Å².